The average molecular weight is 461 g/mol. The summed E-state index contributed by atoms with van der Waals surface area (Å²) in [5.41, 5.74) is 1.64. The molecule has 2 aliphatic carbocycles. The second-order valence-electron chi connectivity index (χ2n) is 10.9. The summed E-state index contributed by atoms with van der Waals surface area (Å²) >= 11 is 0. The van der Waals surface area contributed by atoms with Crippen LogP contribution >= 0.6 is 0 Å². The minimum Gasteiger partial charge on any atom is -0.355 e. The van der Waals surface area contributed by atoms with E-state index in [1.54, 1.807) is 10.9 Å². The lowest BCUT2D eigenvalue weighted by Gasteiger charge is -2.30. The molecule has 0 amide bonds. The van der Waals surface area contributed by atoms with E-state index in [2.05, 4.69) is 15.2 Å². The number of hydrogen-bond acceptors (Lipinski definition) is 5. The topological polar surface area (TPSA) is 64.2 Å². The van der Waals surface area contributed by atoms with Crippen molar-refractivity contribution in [3.8, 4) is 0 Å². The minimum atomic E-state index is -2.98. The third-order valence-electron chi connectivity index (χ3n) is 8.17. The van der Waals surface area contributed by atoms with E-state index in [1.807, 2.05) is 13.2 Å². The quantitative estimate of drug-likeness (QED) is 0.552. The first-order chi connectivity index (χ1) is 15.7. The number of fused-ring (bicyclic) bond motifs is 1. The number of aromatic nitrogens is 3. The SMILES string of the molecule is Cn1cc(CC(=O)CC2CCC(CCN3C[C@@H]4C[C@]4(c4cc(C(C)(F)F)on4)C3)CC2)cn1. The number of aryl methyl sites for hydroxylation is 1. The highest BCUT2D eigenvalue weighted by Gasteiger charge is 2.62. The van der Waals surface area contributed by atoms with Crippen molar-refractivity contribution in [2.24, 2.45) is 24.8 Å². The molecule has 180 valence electrons. The number of Topliss-reactive ketones (excluding diaryl/α,β-unsaturated/α-hetero) is 1. The predicted octanol–water partition coefficient (Wildman–Crippen LogP) is 4.49. The van der Waals surface area contributed by atoms with Gasteiger partial charge in [0.25, 0.3) is 0 Å². The van der Waals surface area contributed by atoms with Gasteiger partial charge in [-0.2, -0.15) is 13.9 Å². The maximum absolute atomic E-state index is 13.5. The average Bonchev–Trinajstić information content (AvgIpc) is 3.18. The molecule has 0 unspecified atom stereocenters. The Kier molecular flexibility index (Phi) is 5.91. The maximum atomic E-state index is 13.5. The Morgan fingerprint density at radius 3 is 2.70 bits per heavy atom. The van der Waals surface area contributed by atoms with E-state index in [4.69, 9.17) is 4.52 Å². The van der Waals surface area contributed by atoms with Gasteiger partial charge < -0.3 is 9.42 Å². The largest absolute Gasteiger partial charge is 0.355 e. The van der Waals surface area contributed by atoms with Gasteiger partial charge in [0.2, 0.25) is 5.76 Å². The highest BCUT2D eigenvalue weighted by atomic mass is 19.3. The Labute approximate surface area is 193 Å². The van der Waals surface area contributed by atoms with Crippen LogP contribution in [0, 0.1) is 17.8 Å². The fourth-order valence-electron chi connectivity index (χ4n) is 6.15. The number of rotatable bonds is 9. The van der Waals surface area contributed by atoms with Crippen LogP contribution in [-0.2, 0) is 29.6 Å². The number of nitrogens with zero attached hydrogens (tertiary/aromatic N) is 4. The summed E-state index contributed by atoms with van der Waals surface area (Å²) in [5.74, 6) is -1.22. The first-order valence-corrected chi connectivity index (χ1v) is 12.3. The number of hydrogen-bond donors (Lipinski definition) is 0. The molecule has 5 rings (SSSR count). The molecule has 2 aromatic heterocycles. The molecule has 0 N–H and O–H groups in total. The molecule has 0 aromatic carbocycles. The van der Waals surface area contributed by atoms with E-state index in [0.717, 1.165) is 57.3 Å². The lowest BCUT2D eigenvalue weighted by molar-refractivity contribution is -0.119. The predicted molar refractivity (Wildman–Crippen MR) is 119 cm³/mol. The third-order valence-corrected chi connectivity index (χ3v) is 8.17. The zero-order valence-electron chi connectivity index (χ0n) is 19.6. The van der Waals surface area contributed by atoms with Crippen LogP contribution in [0.15, 0.2) is 23.0 Å². The number of ketones is 1. The molecular formula is C25H34F2N4O2. The Morgan fingerprint density at radius 1 is 1.27 bits per heavy atom. The van der Waals surface area contributed by atoms with Gasteiger partial charge in [0.05, 0.1) is 11.9 Å². The summed E-state index contributed by atoms with van der Waals surface area (Å²) in [6.45, 7) is 3.84. The fraction of sp³-hybridized carbons (Fsp3) is 0.720. The molecule has 6 nitrogen and oxygen atoms in total. The van der Waals surface area contributed by atoms with Crippen LogP contribution in [0.4, 0.5) is 8.78 Å². The van der Waals surface area contributed by atoms with Gasteiger partial charge in [0, 0.05) is 57.6 Å². The van der Waals surface area contributed by atoms with Crippen molar-refractivity contribution in [1.82, 2.24) is 19.8 Å². The molecule has 2 aromatic rings. The molecule has 0 radical (unpaired) electrons. The van der Waals surface area contributed by atoms with Gasteiger partial charge in [-0.15, -0.1) is 0 Å². The van der Waals surface area contributed by atoms with Crippen LogP contribution < -0.4 is 0 Å². The van der Waals surface area contributed by atoms with Crippen molar-refractivity contribution < 1.29 is 18.1 Å². The highest BCUT2D eigenvalue weighted by molar-refractivity contribution is 5.80. The molecule has 8 heteroatoms. The third kappa shape index (κ3) is 4.91. The van der Waals surface area contributed by atoms with Gasteiger partial charge in [-0.25, -0.2) is 0 Å². The van der Waals surface area contributed by atoms with E-state index in [0.29, 0.717) is 36.2 Å². The Balaban J connectivity index is 1.03. The zero-order valence-corrected chi connectivity index (χ0v) is 19.6. The Bertz CT molecular complexity index is 989. The summed E-state index contributed by atoms with van der Waals surface area (Å²) < 4.78 is 33.7. The van der Waals surface area contributed by atoms with Crippen molar-refractivity contribution in [2.45, 2.75) is 69.6 Å². The standard InChI is InChI=1S/C25H34F2N4O2/c1-24(26,27)23-11-22(29-33-23)25-12-20(25)15-31(16-25)8-7-17-3-5-18(6-4-17)9-21(32)10-19-13-28-30(2)14-19/h11,13-14,17-18,20H,3-10,12,15-16H2,1-2H3/t17?,18?,20-,25-/m0/s1. The lowest BCUT2D eigenvalue weighted by atomic mass is 9.78. The maximum Gasteiger partial charge on any atom is 0.304 e. The molecule has 33 heavy (non-hydrogen) atoms. The Hall–Kier alpha value is -2.09. The molecule has 0 bridgehead atoms. The summed E-state index contributed by atoms with van der Waals surface area (Å²) in [7, 11) is 1.87. The van der Waals surface area contributed by atoms with Crippen molar-refractivity contribution in [1.29, 1.82) is 0 Å². The van der Waals surface area contributed by atoms with Gasteiger partial charge >= 0.3 is 5.92 Å². The summed E-state index contributed by atoms with van der Waals surface area (Å²) in [6.07, 6.45) is 11.8. The van der Waals surface area contributed by atoms with Crippen LogP contribution in [0.2, 0.25) is 0 Å². The first-order valence-electron chi connectivity index (χ1n) is 12.3. The summed E-state index contributed by atoms with van der Waals surface area (Å²) in [6, 6.07) is 1.47. The van der Waals surface area contributed by atoms with Gasteiger partial charge in [-0.05, 0) is 55.5 Å². The van der Waals surface area contributed by atoms with E-state index >= 15 is 0 Å². The smallest absolute Gasteiger partial charge is 0.304 e. The number of piperidine rings is 1. The molecule has 3 fully saturated rings. The van der Waals surface area contributed by atoms with Crippen molar-refractivity contribution in [2.75, 3.05) is 19.6 Å². The minimum absolute atomic E-state index is 0.0701. The van der Waals surface area contributed by atoms with Crippen LogP contribution in [-0.4, -0.2) is 45.3 Å². The van der Waals surface area contributed by atoms with Crippen molar-refractivity contribution >= 4 is 5.78 Å². The van der Waals surface area contributed by atoms with E-state index in [1.165, 1.54) is 25.3 Å². The monoisotopic (exact) mass is 460 g/mol. The van der Waals surface area contributed by atoms with Crippen LogP contribution in [0.1, 0.15) is 68.9 Å². The molecule has 2 saturated carbocycles. The highest BCUT2D eigenvalue weighted by Crippen LogP contribution is 2.59. The number of carbonyl (C=O) groups excluding carboxylic acids is 1. The molecule has 0 spiro atoms. The second kappa shape index (κ2) is 8.60. The molecule has 1 aliphatic heterocycles. The molecule has 1 saturated heterocycles. The second-order valence-corrected chi connectivity index (χ2v) is 10.9. The van der Waals surface area contributed by atoms with E-state index in [-0.39, 0.29) is 11.2 Å². The molecule has 3 heterocycles. The van der Waals surface area contributed by atoms with Gasteiger partial charge in [-0.1, -0.05) is 18.0 Å². The van der Waals surface area contributed by atoms with Crippen molar-refractivity contribution in [3.05, 3.63) is 35.5 Å². The lowest BCUT2D eigenvalue weighted by Crippen LogP contribution is -2.29. The number of halogens is 2. The zero-order chi connectivity index (χ0) is 23.2. The fourth-order valence-corrected chi connectivity index (χ4v) is 6.15. The van der Waals surface area contributed by atoms with Gasteiger partial charge in [0.1, 0.15) is 5.78 Å². The molecule has 3 aliphatic rings. The summed E-state index contributed by atoms with van der Waals surface area (Å²) in [5, 5.41) is 8.15. The molecular weight excluding hydrogens is 426 g/mol. The number of alkyl halides is 2. The van der Waals surface area contributed by atoms with Crippen LogP contribution in [0.5, 0.6) is 0 Å². The number of likely N-dealkylation sites (tertiary alicyclic amines) is 1. The Morgan fingerprint density at radius 2 is 2.03 bits per heavy atom. The van der Waals surface area contributed by atoms with Crippen LogP contribution in [0.25, 0.3) is 0 Å². The van der Waals surface area contributed by atoms with Gasteiger partial charge in [-0.3, -0.25) is 9.48 Å². The van der Waals surface area contributed by atoms with Gasteiger partial charge in [0.15, 0.2) is 0 Å². The van der Waals surface area contributed by atoms with E-state index in [9.17, 15) is 13.6 Å². The van der Waals surface area contributed by atoms with Crippen molar-refractivity contribution in [3.63, 3.8) is 0 Å². The first kappa shape index (κ1) is 22.7. The number of carbonyl (C=O) groups is 1. The normalized spacial score (nSPS) is 29.9. The summed E-state index contributed by atoms with van der Waals surface area (Å²) in [4.78, 5) is 14.9. The van der Waals surface area contributed by atoms with E-state index < -0.39 is 5.92 Å². The molecule has 2 atom stereocenters. The van der Waals surface area contributed by atoms with Crippen LogP contribution in [0.3, 0.4) is 0 Å².